The Balaban J connectivity index is 0. The van der Waals surface area contributed by atoms with Crippen molar-refractivity contribution in [2.24, 2.45) is 35.5 Å². The van der Waals surface area contributed by atoms with Gasteiger partial charge >= 0.3 is 26.2 Å². The van der Waals surface area contributed by atoms with Gasteiger partial charge in [-0.1, -0.05) is 63.1 Å². The van der Waals surface area contributed by atoms with Crippen LogP contribution in [0.25, 0.3) is 0 Å². The van der Waals surface area contributed by atoms with E-state index in [2.05, 4.69) is 89.1 Å². The zero-order chi connectivity index (χ0) is 16.7. The predicted molar refractivity (Wildman–Crippen MR) is 102 cm³/mol. The van der Waals surface area contributed by atoms with E-state index in [9.17, 15) is 0 Å². The monoisotopic (exact) mass is 468 g/mol. The fraction of sp³-hybridized carbons (Fsp3) is 0.478. The quantitative estimate of drug-likeness (QED) is 0.445. The zero-order valence-electron chi connectivity index (χ0n) is 16.0. The van der Waals surface area contributed by atoms with E-state index >= 15 is 0 Å². The molecular formula is C23H32Cl2Zr-4. The van der Waals surface area contributed by atoms with Crippen LogP contribution in [0.2, 0.25) is 0 Å². The molecule has 2 fully saturated rings. The van der Waals surface area contributed by atoms with Gasteiger partial charge in [0.2, 0.25) is 0 Å². The van der Waals surface area contributed by atoms with Gasteiger partial charge in [-0.25, -0.2) is 0 Å². The van der Waals surface area contributed by atoms with Crippen molar-refractivity contribution in [3.8, 4) is 0 Å². The summed E-state index contributed by atoms with van der Waals surface area (Å²) in [6, 6.07) is 0. The maximum absolute atomic E-state index is 3.38. The number of hydrogen-bond acceptors (Lipinski definition) is 0. The van der Waals surface area contributed by atoms with Crippen LogP contribution in [0.3, 0.4) is 0 Å². The van der Waals surface area contributed by atoms with Gasteiger partial charge in [0.1, 0.15) is 0 Å². The topological polar surface area (TPSA) is 0 Å². The van der Waals surface area contributed by atoms with Crippen LogP contribution in [-0.2, 0) is 26.2 Å². The Morgan fingerprint density at radius 1 is 0.731 bits per heavy atom. The van der Waals surface area contributed by atoms with E-state index in [1.165, 1.54) is 12.8 Å². The van der Waals surface area contributed by atoms with E-state index in [4.69, 9.17) is 0 Å². The van der Waals surface area contributed by atoms with Crippen LogP contribution in [0, 0.1) is 62.2 Å². The SMILES string of the molecule is CC1[CH-]C2C=CC=CC2C1.CC1[CH-]C2C=CC=CC2C1.[CH2-]C[CH2-].[Cl-].[Cl-].[Zr+2]. The van der Waals surface area contributed by atoms with Crippen LogP contribution < -0.4 is 24.8 Å². The minimum atomic E-state index is 0. The summed E-state index contributed by atoms with van der Waals surface area (Å²) in [5.74, 6) is 4.78. The molecule has 2 saturated carbocycles. The Kier molecular flexibility index (Phi) is 16.9. The van der Waals surface area contributed by atoms with E-state index in [0.717, 1.165) is 41.9 Å². The molecule has 6 atom stereocenters. The fourth-order valence-electron chi connectivity index (χ4n) is 4.00. The molecule has 4 rings (SSSR count). The molecule has 0 saturated heterocycles. The second-order valence-corrected chi connectivity index (χ2v) is 7.19. The molecule has 0 N–H and O–H groups in total. The summed E-state index contributed by atoms with van der Waals surface area (Å²) in [6.45, 7) is 11.4. The van der Waals surface area contributed by atoms with E-state index < -0.39 is 0 Å². The Morgan fingerprint density at radius 2 is 1.04 bits per heavy atom. The van der Waals surface area contributed by atoms with Crippen LogP contribution in [-0.4, -0.2) is 0 Å². The van der Waals surface area contributed by atoms with Gasteiger partial charge in [-0.2, -0.15) is 11.8 Å². The van der Waals surface area contributed by atoms with Gasteiger partial charge in [0.05, 0.1) is 0 Å². The number of allylic oxidation sites excluding steroid dienone is 8. The summed E-state index contributed by atoms with van der Waals surface area (Å²) in [7, 11) is 0. The minimum Gasteiger partial charge on any atom is -1.00 e. The molecular weight excluding hydrogens is 438 g/mol. The average Bonchev–Trinajstić information content (AvgIpc) is 3.08. The Hall–Kier alpha value is 0.423. The number of fused-ring (bicyclic) bond motifs is 2. The van der Waals surface area contributed by atoms with Crippen molar-refractivity contribution in [2.45, 2.75) is 33.1 Å². The maximum atomic E-state index is 3.38. The average molecular weight is 471 g/mol. The van der Waals surface area contributed by atoms with Crippen LogP contribution in [0.1, 0.15) is 33.1 Å². The normalized spacial score (nSPS) is 34.5. The van der Waals surface area contributed by atoms with Crippen molar-refractivity contribution < 1.29 is 51.0 Å². The molecule has 0 heterocycles. The van der Waals surface area contributed by atoms with Crippen molar-refractivity contribution >= 4 is 0 Å². The Labute approximate surface area is 194 Å². The third-order valence-corrected chi connectivity index (χ3v) is 4.98. The zero-order valence-corrected chi connectivity index (χ0v) is 20.0. The van der Waals surface area contributed by atoms with Crippen molar-refractivity contribution in [3.63, 3.8) is 0 Å². The first-order chi connectivity index (χ1) is 11.1. The molecule has 4 aliphatic carbocycles. The molecule has 0 radical (unpaired) electrons. The molecule has 0 bridgehead atoms. The Morgan fingerprint density at radius 3 is 1.35 bits per heavy atom. The first kappa shape index (κ1) is 28.6. The Bertz CT molecular complexity index is 385. The predicted octanol–water partition coefficient (Wildman–Crippen LogP) is 0.228. The first-order valence-electron chi connectivity index (χ1n) is 9.12. The van der Waals surface area contributed by atoms with Crippen LogP contribution in [0.5, 0.6) is 0 Å². The van der Waals surface area contributed by atoms with Crippen LogP contribution in [0.4, 0.5) is 0 Å². The largest absolute Gasteiger partial charge is 2.00 e. The standard InChI is InChI=1S/2C10H13.C3H6.2ClH.Zr/c2*1-8-6-9-4-2-3-5-10(9)7-8;1-3-2;;;/h2*2-6,8-10H,7H2,1H3;1-3H2;2*1H;/q2*-1;-2;;;+2/p-2. The molecule has 4 aliphatic rings. The molecule has 0 nitrogen and oxygen atoms in total. The number of hydrogen-bond donors (Lipinski definition) is 0. The van der Waals surface area contributed by atoms with Crippen molar-refractivity contribution in [1.29, 1.82) is 0 Å². The summed E-state index contributed by atoms with van der Waals surface area (Å²) in [4.78, 5) is 0. The maximum Gasteiger partial charge on any atom is 2.00 e. The molecule has 146 valence electrons. The van der Waals surface area contributed by atoms with Gasteiger partial charge in [0.25, 0.3) is 0 Å². The van der Waals surface area contributed by atoms with Gasteiger partial charge in [0.15, 0.2) is 0 Å². The smallest absolute Gasteiger partial charge is 1.00 e. The van der Waals surface area contributed by atoms with Crippen molar-refractivity contribution in [2.75, 3.05) is 0 Å². The van der Waals surface area contributed by atoms with Crippen molar-refractivity contribution in [3.05, 3.63) is 75.3 Å². The molecule has 0 aromatic heterocycles. The van der Waals surface area contributed by atoms with Gasteiger partial charge < -0.3 is 57.9 Å². The second-order valence-electron chi connectivity index (χ2n) is 7.19. The number of halogens is 2. The summed E-state index contributed by atoms with van der Waals surface area (Å²) in [6.07, 6.45) is 26.4. The van der Waals surface area contributed by atoms with Gasteiger partial charge in [0, 0.05) is 0 Å². The van der Waals surface area contributed by atoms with E-state index in [-0.39, 0.29) is 51.0 Å². The fourth-order valence-corrected chi connectivity index (χ4v) is 4.00. The summed E-state index contributed by atoms with van der Waals surface area (Å²) >= 11 is 0. The summed E-state index contributed by atoms with van der Waals surface area (Å²) in [5, 5.41) is 0. The van der Waals surface area contributed by atoms with Gasteiger partial charge in [-0.15, -0.1) is 24.0 Å². The van der Waals surface area contributed by atoms with E-state index in [1.54, 1.807) is 0 Å². The van der Waals surface area contributed by atoms with Crippen molar-refractivity contribution in [1.82, 2.24) is 0 Å². The molecule has 0 aromatic carbocycles. The summed E-state index contributed by atoms with van der Waals surface area (Å²) < 4.78 is 0. The van der Waals surface area contributed by atoms with E-state index in [0.29, 0.717) is 0 Å². The second kappa shape index (κ2) is 15.4. The van der Waals surface area contributed by atoms with Crippen LogP contribution >= 0.6 is 0 Å². The molecule has 0 spiro atoms. The van der Waals surface area contributed by atoms with Crippen LogP contribution in [0.15, 0.2) is 48.6 Å². The van der Waals surface area contributed by atoms with Gasteiger partial charge in [-0.3, -0.25) is 0 Å². The number of rotatable bonds is 0. The molecule has 0 aromatic rings. The molecule has 6 unspecified atom stereocenters. The van der Waals surface area contributed by atoms with E-state index in [1.807, 2.05) is 0 Å². The van der Waals surface area contributed by atoms with Gasteiger partial charge in [-0.05, 0) is 11.8 Å². The molecule has 0 amide bonds. The summed E-state index contributed by atoms with van der Waals surface area (Å²) in [5.41, 5.74) is 0. The minimum absolute atomic E-state index is 0. The third-order valence-electron chi connectivity index (χ3n) is 4.98. The molecule has 26 heavy (non-hydrogen) atoms. The third kappa shape index (κ3) is 9.08. The first-order valence-corrected chi connectivity index (χ1v) is 9.12. The molecule has 0 aliphatic heterocycles. The molecule has 3 heteroatoms.